The van der Waals surface area contributed by atoms with Crippen LogP contribution in [0.5, 0.6) is 0 Å². The lowest BCUT2D eigenvalue weighted by Gasteiger charge is -2.22. The molecule has 0 saturated carbocycles. The maximum absolute atomic E-state index is 10.4. The summed E-state index contributed by atoms with van der Waals surface area (Å²) in [5.41, 5.74) is 0. The maximum atomic E-state index is 10.4. The van der Waals surface area contributed by atoms with Crippen LogP contribution in [0.3, 0.4) is 0 Å². The van der Waals surface area contributed by atoms with Crippen LogP contribution in [-0.4, -0.2) is 62.6 Å². The minimum absolute atomic E-state index is 0.0275. The van der Waals surface area contributed by atoms with E-state index in [4.69, 9.17) is 9.66 Å². The van der Waals surface area contributed by atoms with Gasteiger partial charge in [0.05, 0.1) is 20.2 Å². The molecular weight excluding hydrogens is 196 g/mol. The lowest BCUT2D eigenvalue weighted by molar-refractivity contribution is -0.994. The highest BCUT2D eigenvalue weighted by Crippen LogP contribution is 1.76. The molecule has 0 amide bonds. The Bertz CT molecular complexity index is 229. The molecule has 0 fully saturated rings. The van der Waals surface area contributed by atoms with Gasteiger partial charge in [0, 0.05) is 7.05 Å². The third-order valence-corrected chi connectivity index (χ3v) is 2.53. The van der Waals surface area contributed by atoms with Crippen molar-refractivity contribution in [2.45, 2.75) is 0 Å². The van der Waals surface area contributed by atoms with Crippen LogP contribution in [0.4, 0.5) is 0 Å². The molecule has 0 aliphatic rings. The molecule has 0 aliphatic heterocycles. The predicted octanol–water partition coefficient (Wildman–Crippen LogP) is -2.77. The Morgan fingerprint density at radius 2 is 2.00 bits per heavy atom. The average molecular weight is 213 g/mol. The number of aliphatic hydroxyl groups excluding tert-OH is 1. The molecule has 0 aromatic heterocycles. The Kier molecular flexibility index (Phi) is 5.42. The van der Waals surface area contributed by atoms with Gasteiger partial charge in [-0.2, -0.15) is 13.4 Å². The highest BCUT2D eigenvalue weighted by atomic mass is 32.2. The molecule has 0 aliphatic carbocycles. The maximum Gasteiger partial charge on any atom is 0.270 e. The van der Waals surface area contributed by atoms with Crippen LogP contribution in [-0.2, 0) is 10.1 Å². The number of nitrogens with one attached hydrogen (secondary N) is 1. The van der Waals surface area contributed by atoms with E-state index in [1.165, 1.54) is 0 Å². The van der Waals surface area contributed by atoms with E-state index < -0.39 is 10.1 Å². The van der Waals surface area contributed by atoms with Gasteiger partial charge in [0.2, 0.25) is 0 Å². The Balaban J connectivity index is 3.80. The highest BCUT2D eigenvalue weighted by Gasteiger charge is 2.13. The van der Waals surface area contributed by atoms with E-state index in [1.807, 2.05) is 0 Å². The number of likely N-dealkylation sites (N-methyl/N-ethyl adjacent to an activating group) is 1. The van der Waals surface area contributed by atoms with E-state index in [1.54, 1.807) is 19.1 Å². The Labute approximate surface area is 78.5 Å². The number of rotatable bonds is 6. The van der Waals surface area contributed by atoms with Gasteiger partial charge in [0.1, 0.15) is 12.3 Å². The zero-order valence-electron chi connectivity index (χ0n) is 7.89. The molecule has 13 heavy (non-hydrogen) atoms. The molecule has 0 aromatic rings. The lowest BCUT2D eigenvalue weighted by atomic mass is 10.6. The first kappa shape index (κ1) is 12.8. The van der Waals surface area contributed by atoms with Gasteiger partial charge in [0.15, 0.2) is 0 Å². The number of aliphatic hydroxyl groups is 1. The average Bonchev–Trinajstić information content (AvgIpc) is 1.99. The van der Waals surface area contributed by atoms with Crippen LogP contribution < -0.4 is 5.01 Å². The number of nitrogens with zero attached hydrogens (tertiary/aromatic N) is 1. The fourth-order valence-corrected chi connectivity index (χ4v) is 1.36. The molecule has 0 saturated heterocycles. The molecule has 7 heteroatoms. The largest absolute Gasteiger partial charge is 0.395 e. The fourth-order valence-electron chi connectivity index (χ4n) is 0.808. The summed E-state index contributed by atoms with van der Waals surface area (Å²) >= 11 is 0. The summed E-state index contributed by atoms with van der Waals surface area (Å²) in [5.74, 6) is -0.269. The first-order valence-corrected chi connectivity index (χ1v) is 5.57. The second-order valence-electron chi connectivity index (χ2n) is 2.92. The summed E-state index contributed by atoms with van der Waals surface area (Å²) in [6.45, 7) is 0.784. The van der Waals surface area contributed by atoms with Crippen molar-refractivity contribution < 1.29 is 23.1 Å². The van der Waals surface area contributed by atoms with Gasteiger partial charge in [-0.1, -0.05) is 0 Å². The Hall–Kier alpha value is -0.210. The van der Waals surface area contributed by atoms with Crippen molar-refractivity contribution in [1.29, 1.82) is 0 Å². The van der Waals surface area contributed by atoms with Crippen LogP contribution in [0.2, 0.25) is 0 Å². The summed E-state index contributed by atoms with van der Waals surface area (Å²) in [6.07, 6.45) is 0. The predicted molar refractivity (Wildman–Crippen MR) is 47.9 cm³/mol. The highest BCUT2D eigenvalue weighted by molar-refractivity contribution is 7.85. The van der Waals surface area contributed by atoms with E-state index in [9.17, 15) is 8.42 Å². The van der Waals surface area contributed by atoms with E-state index in [0.717, 1.165) is 5.01 Å². The first-order chi connectivity index (χ1) is 5.87. The molecule has 1 unspecified atom stereocenters. The van der Waals surface area contributed by atoms with E-state index in [2.05, 4.69) is 0 Å². The van der Waals surface area contributed by atoms with Crippen LogP contribution in [0.1, 0.15) is 0 Å². The molecule has 6 nitrogen and oxygen atoms in total. The normalized spacial score (nSPS) is 14.8. The molecule has 0 heterocycles. The van der Waals surface area contributed by atoms with Crippen molar-refractivity contribution >= 4 is 10.1 Å². The van der Waals surface area contributed by atoms with Crippen molar-refractivity contribution in [3.8, 4) is 0 Å². The molecule has 0 spiro atoms. The van der Waals surface area contributed by atoms with Gasteiger partial charge in [-0.05, 0) is 0 Å². The van der Waals surface area contributed by atoms with Gasteiger partial charge in [-0.15, -0.1) is 0 Å². The van der Waals surface area contributed by atoms with Crippen molar-refractivity contribution in [2.75, 3.05) is 39.5 Å². The minimum atomic E-state index is -3.88. The SMILES string of the molecule is CN(CCO)[NH+](C)CCS(=O)(=O)O. The Morgan fingerprint density at radius 3 is 2.38 bits per heavy atom. The monoisotopic (exact) mass is 213 g/mol. The third-order valence-electron chi connectivity index (χ3n) is 1.81. The molecule has 0 bridgehead atoms. The van der Waals surface area contributed by atoms with Gasteiger partial charge in [-0.25, -0.2) is 0 Å². The quantitative estimate of drug-likeness (QED) is 0.329. The lowest BCUT2D eigenvalue weighted by Crippen LogP contribution is -3.15. The second-order valence-corrected chi connectivity index (χ2v) is 4.49. The number of hydrogen-bond donors (Lipinski definition) is 3. The van der Waals surface area contributed by atoms with Gasteiger partial charge in [-0.3, -0.25) is 9.56 Å². The molecule has 80 valence electrons. The topological polar surface area (TPSA) is 82.3 Å². The number of hydrogen-bond acceptors (Lipinski definition) is 4. The summed E-state index contributed by atoms with van der Waals surface area (Å²) in [4.78, 5) is 0. The van der Waals surface area contributed by atoms with Crippen molar-refractivity contribution in [3.63, 3.8) is 0 Å². The molecule has 0 radical (unpaired) electrons. The number of quaternary nitrogens is 1. The first-order valence-electron chi connectivity index (χ1n) is 3.96. The Morgan fingerprint density at radius 1 is 1.46 bits per heavy atom. The van der Waals surface area contributed by atoms with Crippen molar-refractivity contribution in [3.05, 3.63) is 0 Å². The minimum Gasteiger partial charge on any atom is -0.395 e. The van der Waals surface area contributed by atoms with Crippen molar-refractivity contribution in [2.24, 2.45) is 0 Å². The van der Waals surface area contributed by atoms with Gasteiger partial charge in [0.25, 0.3) is 10.1 Å². The summed E-state index contributed by atoms with van der Waals surface area (Å²) in [5, 5.41) is 11.2. The summed E-state index contributed by atoms with van der Waals surface area (Å²) in [7, 11) is -0.353. The van der Waals surface area contributed by atoms with E-state index >= 15 is 0 Å². The van der Waals surface area contributed by atoms with Gasteiger partial charge < -0.3 is 5.11 Å². The fraction of sp³-hybridized carbons (Fsp3) is 1.00. The molecule has 0 aromatic carbocycles. The molecular formula is C6H17N2O4S+. The molecule has 0 rings (SSSR count). The van der Waals surface area contributed by atoms with Crippen LogP contribution in [0.25, 0.3) is 0 Å². The molecule has 3 N–H and O–H groups in total. The standard InChI is InChI=1S/C6H16N2O4S/c1-7(3-5-9)8(2)4-6-13(10,11)12/h9H,3-6H2,1-2H3,(H,10,11,12)/p+1. The summed E-state index contributed by atoms with van der Waals surface area (Å²) in [6, 6.07) is 0. The third kappa shape index (κ3) is 6.91. The van der Waals surface area contributed by atoms with Crippen molar-refractivity contribution in [1.82, 2.24) is 5.01 Å². The molecule has 1 atom stereocenters. The van der Waals surface area contributed by atoms with E-state index in [-0.39, 0.29) is 18.9 Å². The smallest absolute Gasteiger partial charge is 0.270 e. The second kappa shape index (κ2) is 5.51. The van der Waals surface area contributed by atoms with E-state index in [0.29, 0.717) is 6.54 Å². The zero-order valence-corrected chi connectivity index (χ0v) is 8.71. The van der Waals surface area contributed by atoms with Crippen LogP contribution in [0.15, 0.2) is 0 Å². The summed E-state index contributed by atoms with van der Waals surface area (Å²) < 4.78 is 29.3. The van der Waals surface area contributed by atoms with Crippen LogP contribution in [0, 0.1) is 0 Å². The zero-order chi connectivity index (χ0) is 10.5. The van der Waals surface area contributed by atoms with Gasteiger partial charge >= 0.3 is 0 Å². The van der Waals surface area contributed by atoms with Crippen LogP contribution >= 0.6 is 0 Å².